The number of primary amides is 1. The molecule has 0 saturated heterocycles. The Morgan fingerprint density at radius 2 is 1.76 bits per heavy atom. The summed E-state index contributed by atoms with van der Waals surface area (Å²) in [4.78, 5) is 10.6. The van der Waals surface area contributed by atoms with E-state index in [0.29, 0.717) is 5.75 Å². The number of carbonyl (C=O) groups is 1. The molecule has 2 rings (SSSR count). The van der Waals surface area contributed by atoms with Gasteiger partial charge in [-0.2, -0.15) is 0 Å². The Morgan fingerprint density at radius 1 is 1.05 bits per heavy atom. The zero-order valence-electron chi connectivity index (χ0n) is 11.9. The summed E-state index contributed by atoms with van der Waals surface area (Å²) < 4.78 is 5.20. The normalized spacial score (nSPS) is 10.1. The van der Waals surface area contributed by atoms with Gasteiger partial charge in [-0.1, -0.05) is 30.3 Å². The number of rotatable bonds is 8. The van der Waals surface area contributed by atoms with E-state index in [1.807, 2.05) is 30.3 Å². The van der Waals surface area contributed by atoms with E-state index in [9.17, 15) is 4.79 Å². The van der Waals surface area contributed by atoms with Crippen LogP contribution in [-0.4, -0.2) is 19.1 Å². The second kappa shape index (κ2) is 7.94. The maximum atomic E-state index is 10.6. The molecule has 4 nitrogen and oxygen atoms in total. The number of ether oxygens (including phenoxy) is 1. The van der Waals surface area contributed by atoms with Crippen molar-refractivity contribution in [3.05, 3.63) is 60.2 Å². The van der Waals surface area contributed by atoms with Crippen LogP contribution >= 0.6 is 0 Å². The van der Waals surface area contributed by atoms with Crippen LogP contribution in [0.15, 0.2) is 54.6 Å². The summed E-state index contributed by atoms with van der Waals surface area (Å²) in [5.74, 6) is 0.168. The molecule has 0 aliphatic heterocycles. The first kappa shape index (κ1) is 14.9. The van der Waals surface area contributed by atoms with Crippen molar-refractivity contribution >= 4 is 11.6 Å². The predicted octanol–water partition coefficient (Wildman–Crippen LogP) is 2.60. The molecule has 0 radical (unpaired) electrons. The molecule has 0 heterocycles. The number of aryl methyl sites for hydroxylation is 1. The second-order valence-electron chi connectivity index (χ2n) is 4.80. The first-order valence-corrected chi connectivity index (χ1v) is 7.03. The van der Waals surface area contributed by atoms with Crippen LogP contribution in [0.5, 0.6) is 5.75 Å². The summed E-state index contributed by atoms with van der Waals surface area (Å²) in [7, 11) is 0. The van der Waals surface area contributed by atoms with Crippen LogP contribution in [0.4, 0.5) is 5.69 Å². The van der Waals surface area contributed by atoms with Gasteiger partial charge in [-0.15, -0.1) is 0 Å². The lowest BCUT2D eigenvalue weighted by Crippen LogP contribution is -2.19. The zero-order valence-corrected chi connectivity index (χ0v) is 11.9. The molecule has 2 aromatic rings. The lowest BCUT2D eigenvalue weighted by Gasteiger charge is -2.08. The van der Waals surface area contributed by atoms with E-state index in [4.69, 9.17) is 10.5 Å². The van der Waals surface area contributed by atoms with Crippen molar-refractivity contribution in [2.24, 2.45) is 5.73 Å². The summed E-state index contributed by atoms with van der Waals surface area (Å²) in [6, 6.07) is 17.9. The van der Waals surface area contributed by atoms with Crippen LogP contribution in [0.3, 0.4) is 0 Å². The van der Waals surface area contributed by atoms with Gasteiger partial charge in [0.15, 0.2) is 6.61 Å². The first-order chi connectivity index (χ1) is 10.2. The lowest BCUT2D eigenvalue weighted by molar-refractivity contribution is -0.119. The third-order valence-electron chi connectivity index (χ3n) is 3.05. The van der Waals surface area contributed by atoms with Gasteiger partial charge < -0.3 is 15.8 Å². The molecule has 21 heavy (non-hydrogen) atoms. The minimum Gasteiger partial charge on any atom is -0.484 e. The zero-order chi connectivity index (χ0) is 14.9. The molecule has 0 unspecified atom stereocenters. The molecule has 4 heteroatoms. The number of anilines is 1. The van der Waals surface area contributed by atoms with Crippen molar-refractivity contribution in [3.8, 4) is 5.75 Å². The number of nitrogens with two attached hydrogens (primary N) is 1. The van der Waals surface area contributed by atoms with Crippen molar-refractivity contribution in [3.63, 3.8) is 0 Å². The highest BCUT2D eigenvalue weighted by atomic mass is 16.5. The molecule has 0 aliphatic carbocycles. The van der Waals surface area contributed by atoms with Crippen molar-refractivity contribution < 1.29 is 9.53 Å². The van der Waals surface area contributed by atoms with Crippen LogP contribution in [0.2, 0.25) is 0 Å². The monoisotopic (exact) mass is 284 g/mol. The highest BCUT2D eigenvalue weighted by molar-refractivity contribution is 5.75. The quantitative estimate of drug-likeness (QED) is 0.732. The molecule has 0 bridgehead atoms. The Labute approximate surface area is 124 Å². The van der Waals surface area contributed by atoms with Gasteiger partial charge in [-0.25, -0.2) is 0 Å². The Bertz CT molecular complexity index is 553. The van der Waals surface area contributed by atoms with E-state index < -0.39 is 5.91 Å². The molecule has 0 aliphatic rings. The number of hydrogen-bond acceptors (Lipinski definition) is 3. The van der Waals surface area contributed by atoms with Crippen molar-refractivity contribution in [2.45, 2.75) is 12.8 Å². The molecular formula is C17H20N2O2. The topological polar surface area (TPSA) is 64.4 Å². The summed E-state index contributed by atoms with van der Waals surface area (Å²) in [5.41, 5.74) is 7.42. The van der Waals surface area contributed by atoms with E-state index in [0.717, 1.165) is 25.1 Å². The van der Waals surface area contributed by atoms with Crippen LogP contribution < -0.4 is 15.8 Å². The number of benzene rings is 2. The van der Waals surface area contributed by atoms with Crippen LogP contribution in [-0.2, 0) is 11.2 Å². The SMILES string of the molecule is NC(=O)COc1ccc(NCCCc2ccccc2)cc1. The Balaban J connectivity index is 1.70. The van der Waals surface area contributed by atoms with Gasteiger partial charge in [-0.05, 0) is 42.7 Å². The Hall–Kier alpha value is -2.49. The van der Waals surface area contributed by atoms with E-state index in [2.05, 4.69) is 29.6 Å². The molecule has 110 valence electrons. The summed E-state index contributed by atoms with van der Waals surface area (Å²) in [6.45, 7) is 0.820. The third-order valence-corrected chi connectivity index (χ3v) is 3.05. The smallest absolute Gasteiger partial charge is 0.255 e. The number of hydrogen-bond donors (Lipinski definition) is 2. The average Bonchev–Trinajstić information content (AvgIpc) is 2.52. The third kappa shape index (κ3) is 5.57. The molecule has 2 aromatic carbocycles. The molecule has 3 N–H and O–H groups in total. The van der Waals surface area contributed by atoms with E-state index in [-0.39, 0.29) is 6.61 Å². The second-order valence-corrected chi connectivity index (χ2v) is 4.80. The summed E-state index contributed by atoms with van der Waals surface area (Å²) in [5, 5.41) is 3.36. The fraction of sp³-hybridized carbons (Fsp3) is 0.235. The maximum Gasteiger partial charge on any atom is 0.255 e. The Kier molecular flexibility index (Phi) is 5.64. The van der Waals surface area contributed by atoms with Gasteiger partial charge in [0.1, 0.15) is 5.75 Å². The fourth-order valence-electron chi connectivity index (χ4n) is 1.99. The van der Waals surface area contributed by atoms with Gasteiger partial charge in [0, 0.05) is 12.2 Å². The van der Waals surface area contributed by atoms with E-state index >= 15 is 0 Å². The highest BCUT2D eigenvalue weighted by Gasteiger charge is 1.98. The molecule has 1 amide bonds. The minimum atomic E-state index is -0.474. The fourth-order valence-corrected chi connectivity index (χ4v) is 1.99. The van der Waals surface area contributed by atoms with Crippen LogP contribution in [0.1, 0.15) is 12.0 Å². The maximum absolute atomic E-state index is 10.6. The van der Waals surface area contributed by atoms with Crippen LogP contribution in [0.25, 0.3) is 0 Å². The minimum absolute atomic E-state index is 0.0934. The van der Waals surface area contributed by atoms with Gasteiger partial charge in [-0.3, -0.25) is 4.79 Å². The molecule has 0 aromatic heterocycles. The molecule has 0 atom stereocenters. The molecule has 0 saturated carbocycles. The highest BCUT2D eigenvalue weighted by Crippen LogP contribution is 2.15. The average molecular weight is 284 g/mol. The van der Waals surface area contributed by atoms with Gasteiger partial charge in [0.05, 0.1) is 0 Å². The van der Waals surface area contributed by atoms with Gasteiger partial charge >= 0.3 is 0 Å². The molecular weight excluding hydrogens is 264 g/mol. The number of carbonyl (C=O) groups excluding carboxylic acids is 1. The largest absolute Gasteiger partial charge is 0.484 e. The summed E-state index contributed by atoms with van der Waals surface area (Å²) >= 11 is 0. The van der Waals surface area contributed by atoms with Gasteiger partial charge in [0.2, 0.25) is 0 Å². The van der Waals surface area contributed by atoms with Crippen molar-refractivity contribution in [2.75, 3.05) is 18.5 Å². The Morgan fingerprint density at radius 3 is 2.43 bits per heavy atom. The molecule has 0 spiro atoms. The predicted molar refractivity (Wildman–Crippen MR) is 84.4 cm³/mol. The lowest BCUT2D eigenvalue weighted by atomic mass is 10.1. The number of nitrogens with one attached hydrogen (secondary N) is 1. The number of amides is 1. The summed E-state index contributed by atoms with van der Waals surface area (Å²) in [6.07, 6.45) is 2.14. The standard InChI is InChI=1S/C17H20N2O2/c18-17(20)13-21-16-10-8-15(9-11-16)19-12-4-7-14-5-2-1-3-6-14/h1-3,5-6,8-11,19H,4,7,12-13H2,(H2,18,20). The van der Waals surface area contributed by atoms with Gasteiger partial charge in [0.25, 0.3) is 5.91 Å². The van der Waals surface area contributed by atoms with Crippen molar-refractivity contribution in [1.29, 1.82) is 0 Å². The van der Waals surface area contributed by atoms with E-state index in [1.54, 1.807) is 0 Å². The van der Waals surface area contributed by atoms with Crippen LogP contribution in [0, 0.1) is 0 Å². The first-order valence-electron chi connectivity index (χ1n) is 7.03. The van der Waals surface area contributed by atoms with Crippen molar-refractivity contribution in [1.82, 2.24) is 0 Å². The van der Waals surface area contributed by atoms with E-state index in [1.165, 1.54) is 5.56 Å². The molecule has 0 fully saturated rings.